The fraction of sp³-hybridized carbons (Fsp3) is 0.156. The molecule has 180 valence electrons. The number of hydrogen-bond donors (Lipinski definition) is 0. The maximum atomic E-state index is 6.33. The minimum Gasteiger partial charge on any atom is -0.497 e. The van der Waals surface area contributed by atoms with Crippen molar-refractivity contribution >= 4 is 22.4 Å². The number of hydrogen-bond acceptors (Lipinski definition) is 4. The molecule has 0 saturated carbocycles. The van der Waals surface area contributed by atoms with Gasteiger partial charge in [0.15, 0.2) is 5.58 Å². The summed E-state index contributed by atoms with van der Waals surface area (Å²) >= 11 is 0. The smallest absolute Gasteiger partial charge is 0.160 e. The van der Waals surface area contributed by atoms with E-state index in [4.69, 9.17) is 14.1 Å². The molecule has 0 N–H and O–H groups in total. The Hall–Kier alpha value is -4.15. The lowest BCUT2D eigenvalue weighted by Gasteiger charge is -2.17. The third kappa shape index (κ3) is 5.09. The Balaban J connectivity index is 1.49. The number of methoxy groups -OCH3 is 1. The molecule has 0 atom stereocenters. The normalized spacial score (nSPS) is 11.1. The fourth-order valence-corrected chi connectivity index (χ4v) is 4.54. The van der Waals surface area contributed by atoms with Gasteiger partial charge in [0.05, 0.1) is 12.8 Å². The summed E-state index contributed by atoms with van der Waals surface area (Å²) in [5.74, 6) is 1.80. The van der Waals surface area contributed by atoms with Gasteiger partial charge in [-0.1, -0.05) is 84.9 Å². The molecule has 4 nitrogen and oxygen atoms in total. The zero-order valence-electron chi connectivity index (χ0n) is 20.9. The van der Waals surface area contributed by atoms with Gasteiger partial charge in [-0.15, -0.1) is 0 Å². The first-order chi connectivity index (χ1) is 17.6. The summed E-state index contributed by atoms with van der Waals surface area (Å²) < 4.78 is 11.6. The van der Waals surface area contributed by atoms with Crippen LogP contribution in [0.1, 0.15) is 28.0 Å². The molecule has 1 heterocycles. The van der Waals surface area contributed by atoms with Gasteiger partial charge in [-0.3, -0.25) is 4.90 Å². The summed E-state index contributed by atoms with van der Waals surface area (Å²) in [5, 5.41) is 1.11. The van der Waals surface area contributed by atoms with Crippen molar-refractivity contribution in [1.82, 2.24) is 4.90 Å². The van der Waals surface area contributed by atoms with E-state index in [0.29, 0.717) is 0 Å². The van der Waals surface area contributed by atoms with Gasteiger partial charge >= 0.3 is 0 Å². The first-order valence-corrected chi connectivity index (χ1v) is 12.1. The molecule has 0 aliphatic heterocycles. The van der Waals surface area contributed by atoms with Crippen molar-refractivity contribution in [2.24, 2.45) is 4.99 Å². The van der Waals surface area contributed by atoms with Crippen LogP contribution in [0.15, 0.2) is 113 Å². The third-order valence-electron chi connectivity index (χ3n) is 6.37. The largest absolute Gasteiger partial charge is 0.497 e. The summed E-state index contributed by atoms with van der Waals surface area (Å²) in [6.45, 7) is 3.65. The number of nitrogens with zero attached hydrogens (tertiary/aromatic N) is 2. The molecule has 0 fully saturated rings. The molecule has 0 amide bonds. The van der Waals surface area contributed by atoms with Crippen molar-refractivity contribution in [2.75, 3.05) is 14.2 Å². The molecule has 36 heavy (non-hydrogen) atoms. The van der Waals surface area contributed by atoms with Crippen molar-refractivity contribution in [3.63, 3.8) is 0 Å². The lowest BCUT2D eigenvalue weighted by Crippen LogP contribution is -2.17. The van der Waals surface area contributed by atoms with Gasteiger partial charge < -0.3 is 9.15 Å². The minimum absolute atomic E-state index is 0.780. The van der Waals surface area contributed by atoms with E-state index in [2.05, 4.69) is 60.5 Å². The Morgan fingerprint density at radius 1 is 0.778 bits per heavy atom. The number of ether oxygens (including phenoxy) is 1. The summed E-state index contributed by atoms with van der Waals surface area (Å²) in [6.07, 6.45) is 0. The number of aryl methyl sites for hydroxylation is 1. The van der Waals surface area contributed by atoms with Crippen LogP contribution < -0.4 is 4.74 Å². The quantitative estimate of drug-likeness (QED) is 0.218. The molecule has 4 heteroatoms. The number of aliphatic imine (C=N–C) groups is 1. The van der Waals surface area contributed by atoms with Crippen LogP contribution >= 0.6 is 0 Å². The second-order valence-corrected chi connectivity index (χ2v) is 9.00. The van der Waals surface area contributed by atoms with Crippen molar-refractivity contribution < 1.29 is 9.15 Å². The summed E-state index contributed by atoms with van der Waals surface area (Å²) in [7, 11) is 3.82. The third-order valence-corrected chi connectivity index (χ3v) is 6.37. The molecule has 0 bridgehead atoms. The highest BCUT2D eigenvalue weighted by atomic mass is 16.5. The summed E-state index contributed by atoms with van der Waals surface area (Å²) in [6, 6.07) is 35.1. The Morgan fingerprint density at radius 3 is 2.03 bits per heavy atom. The highest BCUT2D eigenvalue weighted by Gasteiger charge is 2.17. The predicted molar refractivity (Wildman–Crippen MR) is 147 cm³/mol. The molecule has 0 spiro atoms. The van der Waals surface area contributed by atoms with Gasteiger partial charge in [0.2, 0.25) is 0 Å². The molecule has 0 saturated heterocycles. The first kappa shape index (κ1) is 23.6. The van der Waals surface area contributed by atoms with Crippen molar-refractivity contribution in [3.05, 3.63) is 131 Å². The van der Waals surface area contributed by atoms with Crippen molar-refractivity contribution in [3.8, 4) is 5.75 Å². The molecular formula is C32H30N2O2. The fourth-order valence-electron chi connectivity index (χ4n) is 4.54. The van der Waals surface area contributed by atoms with E-state index < -0.39 is 0 Å². The predicted octanol–water partition coefficient (Wildman–Crippen LogP) is 7.55. The maximum Gasteiger partial charge on any atom is 0.160 e. The van der Waals surface area contributed by atoms with Gasteiger partial charge in [0, 0.05) is 35.2 Å². The number of benzene rings is 4. The van der Waals surface area contributed by atoms with Crippen LogP contribution in [0.3, 0.4) is 0 Å². The van der Waals surface area contributed by atoms with E-state index in [1.807, 2.05) is 61.5 Å². The number of rotatable bonds is 8. The van der Waals surface area contributed by atoms with Crippen LogP contribution in [0.25, 0.3) is 11.0 Å². The molecule has 4 aromatic carbocycles. The average molecular weight is 475 g/mol. The number of fused-ring (bicyclic) bond motifs is 1. The van der Waals surface area contributed by atoms with Crippen molar-refractivity contribution in [2.45, 2.75) is 20.0 Å². The Kier molecular flexibility index (Phi) is 6.96. The lowest BCUT2D eigenvalue weighted by molar-refractivity contribution is 0.317. The van der Waals surface area contributed by atoms with Gasteiger partial charge in [0.25, 0.3) is 0 Å². The monoisotopic (exact) mass is 474 g/mol. The average Bonchev–Trinajstić information content (AvgIpc) is 3.24. The van der Waals surface area contributed by atoms with Crippen molar-refractivity contribution in [1.29, 1.82) is 0 Å². The molecule has 5 aromatic rings. The Labute approximate surface area is 212 Å². The number of furan rings is 1. The highest BCUT2D eigenvalue weighted by Crippen LogP contribution is 2.34. The van der Waals surface area contributed by atoms with Crippen LogP contribution in [0.2, 0.25) is 0 Å². The molecule has 5 rings (SSSR count). The summed E-state index contributed by atoms with van der Waals surface area (Å²) in [5.41, 5.74) is 7.17. The van der Waals surface area contributed by atoms with E-state index in [-0.39, 0.29) is 0 Å². The van der Waals surface area contributed by atoms with Crippen LogP contribution in [-0.2, 0) is 13.1 Å². The molecule has 0 radical (unpaired) electrons. The summed E-state index contributed by atoms with van der Waals surface area (Å²) in [4.78, 5) is 7.44. The molecular weight excluding hydrogens is 444 g/mol. The SMILES string of the molecule is COc1ccc(CN(C)Cc2c(C)oc3c(N=C(c4ccccc4)c4ccccc4)cccc23)cc1. The molecule has 0 aliphatic carbocycles. The topological polar surface area (TPSA) is 38.0 Å². The second kappa shape index (κ2) is 10.6. The molecule has 0 unspecified atom stereocenters. The van der Waals surface area contributed by atoms with Gasteiger partial charge in [0.1, 0.15) is 17.2 Å². The van der Waals surface area contributed by atoms with E-state index in [0.717, 1.165) is 58.1 Å². The van der Waals surface area contributed by atoms with E-state index in [1.54, 1.807) is 7.11 Å². The Morgan fingerprint density at radius 2 is 1.42 bits per heavy atom. The second-order valence-electron chi connectivity index (χ2n) is 9.00. The van der Waals surface area contributed by atoms with Crippen LogP contribution in [-0.4, -0.2) is 24.8 Å². The lowest BCUT2D eigenvalue weighted by atomic mass is 10.0. The highest BCUT2D eigenvalue weighted by molar-refractivity contribution is 6.14. The van der Waals surface area contributed by atoms with E-state index >= 15 is 0 Å². The molecule has 1 aromatic heterocycles. The standard InChI is InChI=1S/C32H30N2O2/c1-23-29(22-34(2)21-24-17-19-27(35-3)20-18-24)28-15-10-16-30(32(28)36-23)33-31(25-11-6-4-7-12-25)26-13-8-5-9-14-26/h4-20H,21-22H2,1-3H3. The molecule has 0 aliphatic rings. The van der Waals surface area contributed by atoms with E-state index in [1.165, 1.54) is 11.1 Å². The minimum atomic E-state index is 0.780. The van der Waals surface area contributed by atoms with Gasteiger partial charge in [-0.2, -0.15) is 0 Å². The van der Waals surface area contributed by atoms with Gasteiger partial charge in [-0.05, 0) is 37.7 Å². The van der Waals surface area contributed by atoms with E-state index in [9.17, 15) is 0 Å². The Bertz CT molecular complexity index is 1430. The van der Waals surface area contributed by atoms with Gasteiger partial charge in [-0.25, -0.2) is 4.99 Å². The number of para-hydroxylation sites is 1. The van der Waals surface area contributed by atoms with Crippen LogP contribution in [0.4, 0.5) is 5.69 Å². The van der Waals surface area contributed by atoms with Crippen LogP contribution in [0, 0.1) is 6.92 Å². The zero-order chi connectivity index (χ0) is 24.9. The zero-order valence-corrected chi connectivity index (χ0v) is 20.9. The maximum absolute atomic E-state index is 6.33. The van der Waals surface area contributed by atoms with Crippen LogP contribution in [0.5, 0.6) is 5.75 Å². The first-order valence-electron chi connectivity index (χ1n) is 12.1.